The molecule has 216 valence electrons. The number of hydrogen-bond acceptors (Lipinski definition) is 8. The number of piperazine rings is 1. The minimum absolute atomic E-state index is 0.0441. The summed E-state index contributed by atoms with van der Waals surface area (Å²) in [6.07, 6.45) is 0.657. The van der Waals surface area contributed by atoms with Gasteiger partial charge in [-0.3, -0.25) is 19.7 Å². The number of halogens is 1. The lowest BCUT2D eigenvalue weighted by molar-refractivity contribution is -0.384. The number of amides is 2. The highest BCUT2D eigenvalue weighted by molar-refractivity contribution is 6.34. The van der Waals surface area contributed by atoms with E-state index in [2.05, 4.69) is 20.4 Å². The summed E-state index contributed by atoms with van der Waals surface area (Å²) in [5, 5.41) is 16.7. The minimum atomic E-state index is -0.583. The van der Waals surface area contributed by atoms with Crippen molar-refractivity contribution in [2.24, 2.45) is 0 Å². The number of benzene rings is 3. The number of nitrogens with one attached hydrogen (secondary N) is 2. The summed E-state index contributed by atoms with van der Waals surface area (Å²) in [5.41, 5.74) is 2.45. The van der Waals surface area contributed by atoms with Crippen LogP contribution in [-0.4, -0.2) is 70.3 Å². The molecule has 0 unspecified atom stereocenters. The van der Waals surface area contributed by atoms with Crippen LogP contribution in [0.3, 0.4) is 0 Å². The average Bonchev–Trinajstić information content (AvgIpc) is 2.99. The van der Waals surface area contributed by atoms with Gasteiger partial charge in [-0.05, 0) is 42.8 Å². The van der Waals surface area contributed by atoms with Crippen molar-refractivity contribution in [1.82, 2.24) is 5.32 Å². The standard InChI is InChI=1S/C29H32ClN5O6/c1-40-17-5-12-31-28(36)23-18-20(32-29(37)22-10-9-21(35(38)39)19-24(22)30)8-11-25(23)33-13-15-34(16-14-33)26-6-3-4-7-27(26)41-2/h3-4,6-11,18-19H,5,12-17H2,1-2H3,(H,31,36)(H,32,37). The summed E-state index contributed by atoms with van der Waals surface area (Å²) < 4.78 is 10.6. The van der Waals surface area contributed by atoms with Crippen molar-refractivity contribution in [3.05, 3.63) is 86.9 Å². The second-order valence-electron chi connectivity index (χ2n) is 9.36. The van der Waals surface area contributed by atoms with Gasteiger partial charge in [0.15, 0.2) is 0 Å². The van der Waals surface area contributed by atoms with E-state index in [1.165, 1.54) is 12.1 Å². The molecule has 1 aliphatic heterocycles. The fourth-order valence-corrected chi connectivity index (χ4v) is 4.93. The third-order valence-electron chi connectivity index (χ3n) is 6.76. The van der Waals surface area contributed by atoms with Gasteiger partial charge in [0, 0.05) is 69.9 Å². The van der Waals surface area contributed by atoms with Crippen LogP contribution in [0.15, 0.2) is 60.7 Å². The first-order chi connectivity index (χ1) is 19.8. The normalized spacial score (nSPS) is 13.0. The van der Waals surface area contributed by atoms with Crippen molar-refractivity contribution < 1.29 is 24.0 Å². The van der Waals surface area contributed by atoms with Gasteiger partial charge in [0.1, 0.15) is 5.75 Å². The molecule has 0 saturated carbocycles. The van der Waals surface area contributed by atoms with Crippen LogP contribution in [0.25, 0.3) is 0 Å². The average molecular weight is 582 g/mol. The number of rotatable bonds is 11. The molecule has 11 nitrogen and oxygen atoms in total. The van der Waals surface area contributed by atoms with Gasteiger partial charge in [0.05, 0.1) is 33.9 Å². The second-order valence-corrected chi connectivity index (χ2v) is 9.76. The predicted octanol–water partition coefficient (Wildman–Crippen LogP) is 4.60. The van der Waals surface area contributed by atoms with E-state index in [1.54, 1.807) is 26.4 Å². The molecule has 3 aromatic rings. The number of nitrogens with zero attached hydrogens (tertiary/aromatic N) is 3. The number of nitro groups is 1. The fourth-order valence-electron chi connectivity index (χ4n) is 4.66. The number of anilines is 3. The van der Waals surface area contributed by atoms with Crippen LogP contribution in [0.5, 0.6) is 5.75 Å². The Morgan fingerprint density at radius 2 is 1.63 bits per heavy atom. The lowest BCUT2D eigenvalue weighted by atomic mass is 10.1. The molecular weight excluding hydrogens is 550 g/mol. The Morgan fingerprint density at radius 1 is 0.927 bits per heavy atom. The largest absolute Gasteiger partial charge is 0.495 e. The van der Waals surface area contributed by atoms with Gasteiger partial charge in [-0.15, -0.1) is 0 Å². The Morgan fingerprint density at radius 3 is 2.29 bits per heavy atom. The third-order valence-corrected chi connectivity index (χ3v) is 7.08. The molecule has 0 bridgehead atoms. The third kappa shape index (κ3) is 7.24. The first-order valence-electron chi connectivity index (χ1n) is 13.1. The topological polar surface area (TPSA) is 126 Å². The van der Waals surface area contributed by atoms with E-state index in [9.17, 15) is 19.7 Å². The van der Waals surface area contributed by atoms with Crippen LogP contribution in [0, 0.1) is 10.1 Å². The highest BCUT2D eigenvalue weighted by atomic mass is 35.5. The van der Waals surface area contributed by atoms with E-state index in [1.807, 2.05) is 30.3 Å². The van der Waals surface area contributed by atoms with Crippen LogP contribution in [-0.2, 0) is 4.74 Å². The zero-order chi connectivity index (χ0) is 29.4. The predicted molar refractivity (Wildman–Crippen MR) is 159 cm³/mol. The van der Waals surface area contributed by atoms with Crippen LogP contribution < -0.4 is 25.2 Å². The lowest BCUT2D eigenvalue weighted by Crippen LogP contribution is -2.47. The number of hydrogen-bond donors (Lipinski definition) is 2. The number of non-ortho nitro benzene ring substituents is 1. The van der Waals surface area contributed by atoms with Gasteiger partial charge in [0.2, 0.25) is 0 Å². The molecule has 0 aromatic heterocycles. The van der Waals surface area contributed by atoms with Crippen LogP contribution >= 0.6 is 11.6 Å². The highest BCUT2D eigenvalue weighted by Gasteiger charge is 2.24. The summed E-state index contributed by atoms with van der Waals surface area (Å²) >= 11 is 6.14. The number of para-hydroxylation sites is 2. The van der Waals surface area contributed by atoms with Gasteiger partial charge < -0.3 is 29.9 Å². The van der Waals surface area contributed by atoms with E-state index in [4.69, 9.17) is 21.1 Å². The molecule has 1 fully saturated rings. The number of ether oxygens (including phenoxy) is 2. The number of methoxy groups -OCH3 is 2. The molecule has 0 spiro atoms. The quantitative estimate of drug-likeness (QED) is 0.191. The van der Waals surface area contributed by atoms with Crippen molar-refractivity contribution in [2.45, 2.75) is 6.42 Å². The first kappa shape index (κ1) is 29.6. The summed E-state index contributed by atoms with van der Waals surface area (Å²) in [7, 11) is 3.26. The van der Waals surface area contributed by atoms with E-state index >= 15 is 0 Å². The smallest absolute Gasteiger partial charge is 0.270 e. The Hall–Kier alpha value is -4.35. The molecule has 1 aliphatic rings. The van der Waals surface area contributed by atoms with Crippen molar-refractivity contribution in [1.29, 1.82) is 0 Å². The second kappa shape index (κ2) is 13.8. The Kier molecular flexibility index (Phi) is 9.99. The molecule has 0 atom stereocenters. The van der Waals surface area contributed by atoms with Gasteiger partial charge >= 0.3 is 0 Å². The molecule has 4 rings (SSSR count). The van der Waals surface area contributed by atoms with E-state index < -0.39 is 10.8 Å². The molecule has 2 amide bonds. The zero-order valence-electron chi connectivity index (χ0n) is 22.9. The van der Waals surface area contributed by atoms with E-state index in [0.717, 1.165) is 36.3 Å². The van der Waals surface area contributed by atoms with Crippen LogP contribution in [0.4, 0.5) is 22.7 Å². The number of carbonyl (C=O) groups is 2. The molecular formula is C29H32ClN5O6. The molecule has 0 aliphatic carbocycles. The molecule has 3 aromatic carbocycles. The fraction of sp³-hybridized carbons (Fsp3) is 0.310. The van der Waals surface area contributed by atoms with Crippen molar-refractivity contribution in [3.8, 4) is 5.75 Å². The summed E-state index contributed by atoms with van der Waals surface area (Å²) in [5.74, 6) is -0.00690. The zero-order valence-corrected chi connectivity index (χ0v) is 23.6. The van der Waals surface area contributed by atoms with E-state index in [-0.39, 0.29) is 22.2 Å². The molecule has 41 heavy (non-hydrogen) atoms. The summed E-state index contributed by atoms with van der Waals surface area (Å²) in [4.78, 5) is 41.1. The van der Waals surface area contributed by atoms with Crippen molar-refractivity contribution in [3.63, 3.8) is 0 Å². The first-order valence-corrected chi connectivity index (χ1v) is 13.5. The van der Waals surface area contributed by atoms with Crippen LogP contribution in [0.1, 0.15) is 27.1 Å². The SMILES string of the molecule is COCCCNC(=O)c1cc(NC(=O)c2ccc([N+](=O)[O-])cc2Cl)ccc1N1CCN(c2ccccc2OC)CC1. The maximum atomic E-state index is 13.3. The van der Waals surface area contributed by atoms with Gasteiger partial charge in [0.25, 0.3) is 17.5 Å². The van der Waals surface area contributed by atoms with Crippen molar-refractivity contribution in [2.75, 3.05) is 68.7 Å². The molecule has 0 radical (unpaired) electrons. The number of carbonyl (C=O) groups excluding carboxylic acids is 2. The minimum Gasteiger partial charge on any atom is -0.495 e. The number of nitro benzene ring substituents is 1. The Balaban J connectivity index is 1.54. The van der Waals surface area contributed by atoms with Crippen LogP contribution in [0.2, 0.25) is 5.02 Å². The lowest BCUT2D eigenvalue weighted by Gasteiger charge is -2.38. The van der Waals surface area contributed by atoms with Gasteiger partial charge in [-0.1, -0.05) is 23.7 Å². The van der Waals surface area contributed by atoms with Gasteiger partial charge in [-0.25, -0.2) is 0 Å². The summed E-state index contributed by atoms with van der Waals surface area (Å²) in [6.45, 7) is 3.75. The van der Waals surface area contributed by atoms with E-state index in [0.29, 0.717) is 43.9 Å². The maximum absolute atomic E-state index is 13.3. The van der Waals surface area contributed by atoms with Crippen molar-refractivity contribution >= 4 is 46.2 Å². The molecule has 1 saturated heterocycles. The van der Waals surface area contributed by atoms with Gasteiger partial charge in [-0.2, -0.15) is 0 Å². The molecule has 12 heteroatoms. The maximum Gasteiger partial charge on any atom is 0.270 e. The highest BCUT2D eigenvalue weighted by Crippen LogP contribution is 2.31. The summed E-state index contributed by atoms with van der Waals surface area (Å²) in [6, 6.07) is 16.7. The molecule has 2 N–H and O–H groups in total. The molecule has 1 heterocycles. The monoisotopic (exact) mass is 581 g/mol. The Labute approximate surface area is 243 Å². The Bertz CT molecular complexity index is 1410.